The van der Waals surface area contributed by atoms with Gasteiger partial charge in [0.25, 0.3) is 0 Å². The third kappa shape index (κ3) is 2.63. The molecule has 0 saturated carbocycles. The molecule has 0 aromatic heterocycles. The number of ether oxygens (including phenoxy) is 1. The van der Waals surface area contributed by atoms with E-state index in [9.17, 15) is 4.79 Å². The van der Waals surface area contributed by atoms with Gasteiger partial charge in [-0.25, -0.2) is 0 Å². The van der Waals surface area contributed by atoms with E-state index in [1.165, 1.54) is 5.56 Å². The molecule has 0 radical (unpaired) electrons. The molecule has 1 aliphatic rings. The van der Waals surface area contributed by atoms with E-state index < -0.39 is 0 Å². The molecule has 0 amide bonds. The maximum Gasteiger partial charge on any atom is 0.156 e. The third-order valence-electron chi connectivity index (χ3n) is 3.36. The summed E-state index contributed by atoms with van der Waals surface area (Å²) in [6, 6.07) is 6.09. The van der Waals surface area contributed by atoms with Gasteiger partial charge in [-0.15, -0.1) is 0 Å². The molecule has 96 valence electrons. The predicted octanol–water partition coefficient (Wildman–Crippen LogP) is 3.78. The van der Waals surface area contributed by atoms with Crippen molar-refractivity contribution in [3.63, 3.8) is 0 Å². The Labute approximate surface area is 109 Å². The lowest BCUT2D eigenvalue weighted by Crippen LogP contribution is -2.21. The van der Waals surface area contributed by atoms with Crippen LogP contribution in [0.5, 0.6) is 5.75 Å². The Hall–Kier alpha value is -1.57. The second-order valence-electron chi connectivity index (χ2n) is 5.86. The molecule has 0 saturated heterocycles. The van der Waals surface area contributed by atoms with E-state index in [1.807, 2.05) is 12.1 Å². The van der Waals surface area contributed by atoms with Crippen molar-refractivity contribution in [2.75, 3.05) is 7.11 Å². The van der Waals surface area contributed by atoms with Crippen LogP contribution in [0.4, 0.5) is 0 Å². The van der Waals surface area contributed by atoms with Gasteiger partial charge in [-0.1, -0.05) is 25.5 Å². The first kappa shape index (κ1) is 12.9. The van der Waals surface area contributed by atoms with Crippen LogP contribution in [0.25, 0.3) is 5.57 Å². The third-order valence-corrected chi connectivity index (χ3v) is 3.36. The molecule has 0 spiro atoms. The summed E-state index contributed by atoms with van der Waals surface area (Å²) in [7, 11) is 1.67. The Morgan fingerprint density at radius 2 is 1.94 bits per heavy atom. The molecule has 2 rings (SSSR count). The van der Waals surface area contributed by atoms with Crippen molar-refractivity contribution in [3.8, 4) is 5.75 Å². The molecular weight excluding hydrogens is 224 g/mol. The fourth-order valence-electron chi connectivity index (χ4n) is 2.59. The van der Waals surface area contributed by atoms with E-state index >= 15 is 0 Å². The lowest BCUT2D eigenvalue weighted by molar-refractivity contribution is -0.116. The summed E-state index contributed by atoms with van der Waals surface area (Å²) in [5.41, 5.74) is 3.37. The monoisotopic (exact) mass is 244 g/mol. The van der Waals surface area contributed by atoms with Gasteiger partial charge in [-0.2, -0.15) is 0 Å². The lowest BCUT2D eigenvalue weighted by atomic mass is 9.75. The number of carbonyl (C=O) groups is 1. The molecule has 0 heterocycles. The molecular formula is C16H20O2. The molecule has 2 heteroatoms. The van der Waals surface area contributed by atoms with E-state index in [-0.39, 0.29) is 11.2 Å². The first-order valence-corrected chi connectivity index (χ1v) is 6.30. The van der Waals surface area contributed by atoms with Crippen molar-refractivity contribution in [3.05, 3.63) is 35.4 Å². The van der Waals surface area contributed by atoms with Crippen molar-refractivity contribution in [1.82, 2.24) is 0 Å². The summed E-state index contributed by atoms with van der Waals surface area (Å²) < 4.78 is 5.40. The van der Waals surface area contributed by atoms with Crippen LogP contribution in [-0.2, 0) is 4.79 Å². The van der Waals surface area contributed by atoms with E-state index in [0.29, 0.717) is 6.42 Å². The van der Waals surface area contributed by atoms with Gasteiger partial charge in [0, 0.05) is 12.0 Å². The highest BCUT2D eigenvalue weighted by Crippen LogP contribution is 2.40. The van der Waals surface area contributed by atoms with Gasteiger partial charge in [0.05, 0.1) is 7.11 Å². The van der Waals surface area contributed by atoms with Gasteiger partial charge >= 0.3 is 0 Å². The molecule has 0 bridgehead atoms. The summed E-state index contributed by atoms with van der Waals surface area (Å²) in [6.45, 7) is 6.33. The standard InChI is InChI=1S/C16H20O2/c1-11-5-6-15(18-4)14(7-11)12-8-13(17)10-16(2,3)9-12/h5-8H,9-10H2,1-4H3. The van der Waals surface area contributed by atoms with Crippen LogP contribution in [0, 0.1) is 12.3 Å². The normalized spacial score (nSPS) is 18.4. The van der Waals surface area contributed by atoms with Gasteiger partial charge in [0.15, 0.2) is 5.78 Å². The highest BCUT2D eigenvalue weighted by molar-refractivity contribution is 5.99. The number of rotatable bonds is 2. The van der Waals surface area contributed by atoms with Crippen molar-refractivity contribution in [1.29, 1.82) is 0 Å². The Bertz CT molecular complexity index is 510. The van der Waals surface area contributed by atoms with Gasteiger partial charge < -0.3 is 4.74 Å². The maximum absolute atomic E-state index is 11.8. The number of ketones is 1. The molecule has 0 aliphatic heterocycles. The summed E-state index contributed by atoms with van der Waals surface area (Å²) in [5, 5.41) is 0. The second-order valence-corrected chi connectivity index (χ2v) is 5.86. The zero-order valence-electron chi connectivity index (χ0n) is 11.5. The topological polar surface area (TPSA) is 26.3 Å². The first-order chi connectivity index (χ1) is 8.41. The zero-order chi connectivity index (χ0) is 13.3. The number of aryl methyl sites for hydroxylation is 1. The molecule has 18 heavy (non-hydrogen) atoms. The number of allylic oxidation sites excluding steroid dienone is 2. The molecule has 0 N–H and O–H groups in total. The smallest absolute Gasteiger partial charge is 0.156 e. The van der Waals surface area contributed by atoms with E-state index in [4.69, 9.17) is 4.74 Å². The minimum absolute atomic E-state index is 0.0376. The minimum Gasteiger partial charge on any atom is -0.496 e. The zero-order valence-corrected chi connectivity index (χ0v) is 11.5. The molecule has 0 fully saturated rings. The Kier molecular flexibility index (Phi) is 3.29. The maximum atomic E-state index is 11.8. The summed E-state index contributed by atoms with van der Waals surface area (Å²) in [5.74, 6) is 1.06. The van der Waals surface area contributed by atoms with Crippen LogP contribution >= 0.6 is 0 Å². The first-order valence-electron chi connectivity index (χ1n) is 6.30. The quantitative estimate of drug-likeness (QED) is 0.791. The van der Waals surface area contributed by atoms with E-state index in [0.717, 1.165) is 23.3 Å². The molecule has 1 aromatic carbocycles. The Balaban J connectivity index is 2.48. The average Bonchev–Trinajstić information content (AvgIpc) is 2.26. The molecule has 1 aliphatic carbocycles. The summed E-state index contributed by atoms with van der Waals surface area (Å²) in [6.07, 6.45) is 3.33. The number of hydrogen-bond donors (Lipinski definition) is 0. The highest BCUT2D eigenvalue weighted by Gasteiger charge is 2.28. The van der Waals surface area contributed by atoms with Crippen LogP contribution in [0.3, 0.4) is 0 Å². The summed E-state index contributed by atoms with van der Waals surface area (Å²) >= 11 is 0. The van der Waals surface area contributed by atoms with E-state index in [2.05, 4.69) is 26.8 Å². The van der Waals surface area contributed by atoms with Gasteiger partial charge in [-0.3, -0.25) is 4.79 Å². The second kappa shape index (κ2) is 4.60. The number of hydrogen-bond acceptors (Lipinski definition) is 2. The van der Waals surface area contributed by atoms with Crippen molar-refractivity contribution in [2.45, 2.75) is 33.6 Å². The number of benzene rings is 1. The SMILES string of the molecule is COc1ccc(C)cc1C1=CC(=O)CC(C)(C)C1. The molecule has 1 aromatic rings. The number of methoxy groups -OCH3 is 1. The fraction of sp³-hybridized carbons (Fsp3) is 0.438. The number of carbonyl (C=O) groups excluding carboxylic acids is 1. The lowest BCUT2D eigenvalue weighted by Gasteiger charge is -2.29. The Morgan fingerprint density at radius 3 is 2.56 bits per heavy atom. The minimum atomic E-state index is 0.0376. The van der Waals surface area contributed by atoms with Gasteiger partial charge in [0.1, 0.15) is 5.75 Å². The van der Waals surface area contributed by atoms with Crippen molar-refractivity contribution >= 4 is 11.4 Å². The predicted molar refractivity (Wildman–Crippen MR) is 73.7 cm³/mol. The van der Waals surface area contributed by atoms with Crippen LogP contribution in [-0.4, -0.2) is 12.9 Å². The van der Waals surface area contributed by atoms with Gasteiger partial charge in [0.2, 0.25) is 0 Å². The van der Waals surface area contributed by atoms with Crippen LogP contribution in [0.2, 0.25) is 0 Å². The average molecular weight is 244 g/mol. The summed E-state index contributed by atoms with van der Waals surface area (Å²) in [4.78, 5) is 11.8. The van der Waals surface area contributed by atoms with Crippen molar-refractivity contribution in [2.24, 2.45) is 5.41 Å². The van der Waals surface area contributed by atoms with Gasteiger partial charge in [-0.05, 0) is 42.5 Å². The van der Waals surface area contributed by atoms with E-state index in [1.54, 1.807) is 13.2 Å². The van der Waals surface area contributed by atoms with Crippen LogP contribution in [0.1, 0.15) is 37.8 Å². The van der Waals surface area contributed by atoms with Crippen LogP contribution < -0.4 is 4.74 Å². The largest absolute Gasteiger partial charge is 0.496 e. The van der Waals surface area contributed by atoms with Crippen LogP contribution in [0.15, 0.2) is 24.3 Å². The molecule has 2 nitrogen and oxygen atoms in total. The highest BCUT2D eigenvalue weighted by atomic mass is 16.5. The molecule has 0 unspecified atom stereocenters. The van der Waals surface area contributed by atoms with Crippen molar-refractivity contribution < 1.29 is 9.53 Å². The molecule has 0 atom stereocenters. The fourth-order valence-corrected chi connectivity index (χ4v) is 2.59. The Morgan fingerprint density at radius 1 is 1.22 bits per heavy atom.